The third-order valence-corrected chi connectivity index (χ3v) is 13.6. The summed E-state index contributed by atoms with van der Waals surface area (Å²) in [4.78, 5) is 50.6. The standard InChI is InChI=1S/C16H18N6O7S2.C15H12BrClF4N2O2.C11H8ClNO3/c1-4-30(24,25)13-14(22-8-6-5-7-10(22)17-13)31(26,27)21-16(23)20-15-18-11(28-2)9-12(19-15)29-3;1-6(2)25-14(24)7-4-8(10(18)5-9(7)17)12-11(16)13(15(19,20)21)23(3)22-12;12-8-3-4-9(16-6-10(14)15)11-7(8)2-1-5-13-11/h5-9H,4H2,1-3H3,(H2,18,19,20,21,23);4-6H,1-3H3;1-5H,6H2,(H,14,15). The maximum absolute atomic E-state index is 14.3. The van der Waals surface area contributed by atoms with Gasteiger partial charge < -0.3 is 24.1 Å². The normalized spacial score (nSPS) is 11.5. The van der Waals surface area contributed by atoms with E-state index < -0.39 is 82.8 Å². The quantitative estimate of drug-likeness (QED) is 0.0728. The first-order valence-electron chi connectivity index (χ1n) is 20.1. The van der Waals surface area contributed by atoms with E-state index in [1.165, 1.54) is 45.5 Å². The second-order valence-corrected chi connectivity index (χ2v) is 19.8. The van der Waals surface area contributed by atoms with Crippen LogP contribution in [-0.2, 0) is 42.6 Å². The van der Waals surface area contributed by atoms with Crippen LogP contribution in [0.1, 0.15) is 36.8 Å². The number of imidazole rings is 1. The van der Waals surface area contributed by atoms with Crippen molar-refractivity contribution in [1.29, 1.82) is 0 Å². The lowest BCUT2D eigenvalue weighted by Gasteiger charge is -2.11. The number of carbonyl (C=O) groups is 3. The summed E-state index contributed by atoms with van der Waals surface area (Å²) >= 11 is 14.6. The molecule has 0 aliphatic rings. The van der Waals surface area contributed by atoms with Crippen LogP contribution in [0.3, 0.4) is 0 Å². The number of anilines is 1. The van der Waals surface area contributed by atoms with Gasteiger partial charge in [-0.3, -0.25) is 19.4 Å². The number of ether oxygens (including phenoxy) is 4. The van der Waals surface area contributed by atoms with Crippen LogP contribution in [-0.4, -0.2) is 107 Å². The number of hydrogen-bond donors (Lipinski definition) is 3. The van der Waals surface area contributed by atoms with Crippen LogP contribution in [0.5, 0.6) is 17.5 Å². The minimum absolute atomic E-state index is 0.0584. The molecule has 7 rings (SSSR count). The summed E-state index contributed by atoms with van der Waals surface area (Å²) in [7, 11) is -4.96. The van der Waals surface area contributed by atoms with Gasteiger partial charge in [0.2, 0.25) is 17.7 Å². The summed E-state index contributed by atoms with van der Waals surface area (Å²) < 4.78 is 127. The Morgan fingerprint density at radius 1 is 0.931 bits per heavy atom. The number of amides is 2. The van der Waals surface area contributed by atoms with Crippen molar-refractivity contribution in [2.75, 3.05) is 31.9 Å². The summed E-state index contributed by atoms with van der Waals surface area (Å²) in [6.07, 6.45) is -2.22. The number of carboxylic acids is 1. The summed E-state index contributed by atoms with van der Waals surface area (Å²) in [6.45, 7) is 4.18. The number of benzene rings is 2. The minimum atomic E-state index is -4.69. The number of aromatic nitrogens is 7. The number of pyridine rings is 2. The molecular weight excluding hydrogens is 1110 g/mol. The lowest BCUT2D eigenvalue weighted by atomic mass is 10.1. The minimum Gasteiger partial charge on any atom is -0.481 e. The van der Waals surface area contributed by atoms with Gasteiger partial charge in [-0.2, -0.15) is 36.7 Å². The molecule has 0 atom stereocenters. The molecule has 5 aromatic heterocycles. The summed E-state index contributed by atoms with van der Waals surface area (Å²) in [5, 5.41) is 14.1. The average Bonchev–Trinajstić information content (AvgIpc) is 3.86. The van der Waals surface area contributed by atoms with E-state index in [4.69, 9.17) is 47.3 Å². The Morgan fingerprint density at radius 2 is 1.60 bits per heavy atom. The van der Waals surface area contributed by atoms with Gasteiger partial charge in [-0.1, -0.05) is 36.2 Å². The number of methoxy groups -OCH3 is 2. The molecule has 0 unspecified atom stereocenters. The third kappa shape index (κ3) is 13.3. The Hall–Kier alpha value is -6.88. The fourth-order valence-corrected chi connectivity index (χ4v) is 9.89. The first kappa shape index (κ1) is 56.0. The van der Waals surface area contributed by atoms with Crippen LogP contribution in [0.4, 0.5) is 28.3 Å². The van der Waals surface area contributed by atoms with E-state index in [0.29, 0.717) is 21.0 Å². The number of esters is 1. The van der Waals surface area contributed by atoms with E-state index >= 15 is 0 Å². The zero-order valence-electron chi connectivity index (χ0n) is 38.0. The number of nitrogens with one attached hydrogen (secondary N) is 2. The molecule has 7 aromatic rings. The summed E-state index contributed by atoms with van der Waals surface area (Å²) in [5.41, 5.74) is -1.21. The summed E-state index contributed by atoms with van der Waals surface area (Å²) in [6, 6.07) is 13.3. The molecule has 0 bridgehead atoms. The Labute approximate surface area is 424 Å². The molecular formula is C42H38BrCl2F4N9O12S2. The molecule has 0 aliphatic carbocycles. The maximum Gasteiger partial charge on any atom is 0.434 e. The number of rotatable bonds is 13. The number of carboxylic acid groups (broad SMARTS) is 1. The Kier molecular flexibility index (Phi) is 18.0. The van der Waals surface area contributed by atoms with E-state index in [2.05, 4.69) is 46.3 Å². The van der Waals surface area contributed by atoms with Crippen molar-refractivity contribution < 1.29 is 72.8 Å². The smallest absolute Gasteiger partial charge is 0.434 e. The second kappa shape index (κ2) is 23.1. The van der Waals surface area contributed by atoms with Gasteiger partial charge in [0, 0.05) is 30.4 Å². The van der Waals surface area contributed by atoms with Gasteiger partial charge in [-0.25, -0.2) is 36.9 Å². The number of aliphatic carboxylic acids is 1. The topological polar surface area (TPSA) is 274 Å². The molecule has 5 heterocycles. The molecule has 0 saturated carbocycles. The number of halogens is 7. The SMILES string of the molecule is CC(C)OC(=O)c1cc(-c2nn(C)c(C(F)(F)F)c2Br)c(F)cc1Cl.CCS(=O)(=O)c1nc2ccccn2c1S(=O)(=O)NC(=O)Nc1nc(OC)cc(OC)n1.O=C(O)COc1ccc(Cl)c2cccnc12. The Morgan fingerprint density at radius 3 is 2.18 bits per heavy atom. The highest BCUT2D eigenvalue weighted by Crippen LogP contribution is 2.41. The number of aryl methyl sites for hydroxylation is 1. The first-order chi connectivity index (χ1) is 33.7. The van der Waals surface area contributed by atoms with E-state index in [0.717, 1.165) is 29.0 Å². The van der Waals surface area contributed by atoms with Crippen molar-refractivity contribution >= 4 is 99.5 Å². The van der Waals surface area contributed by atoms with Crippen LogP contribution < -0.4 is 24.2 Å². The number of hydrogen-bond acceptors (Lipinski definition) is 16. The number of nitrogens with zero attached hydrogens (tertiary/aromatic N) is 7. The number of fused-ring (bicyclic) bond motifs is 2. The van der Waals surface area contributed by atoms with Crippen molar-refractivity contribution in [3.8, 4) is 28.8 Å². The van der Waals surface area contributed by atoms with Gasteiger partial charge in [-0.15, -0.1) is 0 Å². The number of urea groups is 1. The highest BCUT2D eigenvalue weighted by Gasteiger charge is 2.39. The zero-order chi connectivity index (χ0) is 53.5. The molecule has 384 valence electrons. The molecule has 2 aromatic carbocycles. The fraction of sp³-hybridized carbons (Fsp3) is 0.238. The molecule has 21 nitrogen and oxygen atoms in total. The van der Waals surface area contributed by atoms with E-state index in [1.807, 2.05) is 0 Å². The van der Waals surface area contributed by atoms with E-state index in [9.17, 15) is 48.8 Å². The Bertz CT molecular complexity index is 3400. The van der Waals surface area contributed by atoms with Crippen molar-refractivity contribution in [2.45, 2.75) is 43.1 Å². The van der Waals surface area contributed by atoms with Gasteiger partial charge in [0.25, 0.3) is 10.0 Å². The Balaban J connectivity index is 0.000000210. The zero-order valence-corrected chi connectivity index (χ0v) is 42.7. The van der Waals surface area contributed by atoms with Gasteiger partial charge in [-0.05, 0) is 78.3 Å². The molecule has 72 heavy (non-hydrogen) atoms. The lowest BCUT2D eigenvalue weighted by Crippen LogP contribution is -2.36. The van der Waals surface area contributed by atoms with Crippen LogP contribution in [0.2, 0.25) is 10.0 Å². The molecule has 30 heteroatoms. The van der Waals surface area contributed by atoms with Crippen molar-refractivity contribution in [1.82, 2.24) is 38.8 Å². The third-order valence-electron chi connectivity index (χ3n) is 9.10. The van der Waals surface area contributed by atoms with Crippen molar-refractivity contribution in [3.05, 3.63) is 105 Å². The number of sulfone groups is 1. The van der Waals surface area contributed by atoms with Gasteiger partial charge in [0.05, 0.1) is 52.2 Å². The van der Waals surface area contributed by atoms with E-state index in [-0.39, 0.29) is 51.0 Å². The second-order valence-electron chi connectivity index (χ2n) is 14.4. The van der Waals surface area contributed by atoms with Crippen LogP contribution in [0, 0.1) is 5.82 Å². The molecule has 2 amide bonds. The van der Waals surface area contributed by atoms with Gasteiger partial charge >= 0.3 is 24.1 Å². The molecule has 0 saturated heterocycles. The van der Waals surface area contributed by atoms with E-state index in [1.54, 1.807) is 55.1 Å². The molecule has 0 fully saturated rings. The molecule has 3 N–H and O–H groups in total. The fourth-order valence-electron chi connectivity index (χ4n) is 6.01. The van der Waals surface area contributed by atoms with Gasteiger partial charge in [0.15, 0.2) is 32.2 Å². The summed E-state index contributed by atoms with van der Waals surface area (Å²) in [5.74, 6) is -2.91. The predicted octanol–water partition coefficient (Wildman–Crippen LogP) is 8.02. The monoisotopic (exact) mass is 1150 g/mol. The van der Waals surface area contributed by atoms with Gasteiger partial charge in [0.1, 0.15) is 28.4 Å². The van der Waals surface area contributed by atoms with Crippen LogP contribution in [0.15, 0.2) is 87.6 Å². The number of alkyl halides is 3. The average molecular weight is 1150 g/mol. The van der Waals surface area contributed by atoms with Crippen LogP contribution >= 0.6 is 39.1 Å². The highest BCUT2D eigenvalue weighted by molar-refractivity contribution is 9.10. The highest BCUT2D eigenvalue weighted by atomic mass is 79.9. The maximum atomic E-state index is 14.3. The molecule has 0 aliphatic heterocycles. The number of carbonyl (C=O) groups excluding carboxylic acids is 2. The largest absolute Gasteiger partial charge is 0.481 e. The molecule has 0 radical (unpaired) electrons. The molecule has 0 spiro atoms. The van der Waals surface area contributed by atoms with Crippen molar-refractivity contribution in [3.63, 3.8) is 0 Å². The van der Waals surface area contributed by atoms with Crippen LogP contribution in [0.25, 0.3) is 27.8 Å². The first-order valence-corrected chi connectivity index (χ1v) is 24.8. The number of sulfonamides is 1. The predicted molar refractivity (Wildman–Crippen MR) is 254 cm³/mol. The van der Waals surface area contributed by atoms with Crippen molar-refractivity contribution in [2.24, 2.45) is 7.05 Å². The lowest BCUT2D eigenvalue weighted by molar-refractivity contribution is -0.144.